The van der Waals surface area contributed by atoms with Crippen molar-refractivity contribution in [3.8, 4) is 0 Å². The minimum Gasteiger partial charge on any atom is -0.480 e. The minimum atomic E-state index is -1.13. The highest BCUT2D eigenvalue weighted by atomic mass is 16.5. The second-order valence-electron chi connectivity index (χ2n) is 4.30. The Kier molecular flexibility index (Phi) is 6.65. The topological polar surface area (TPSA) is 117 Å². The summed E-state index contributed by atoms with van der Waals surface area (Å²) in [4.78, 5) is 32.5. The van der Waals surface area contributed by atoms with Gasteiger partial charge in [-0.05, 0) is 18.8 Å². The van der Waals surface area contributed by atoms with Crippen LogP contribution in [0.4, 0.5) is 4.79 Å². The van der Waals surface area contributed by atoms with Crippen molar-refractivity contribution in [3.05, 3.63) is 0 Å². The van der Waals surface area contributed by atoms with E-state index in [1.165, 1.54) is 12.8 Å². The van der Waals surface area contributed by atoms with Crippen LogP contribution in [0.2, 0.25) is 0 Å². The fourth-order valence-corrected chi connectivity index (χ4v) is 1.23. The number of hydrogen-bond acceptors (Lipinski definition) is 4. The molecule has 0 aromatic heterocycles. The van der Waals surface area contributed by atoms with E-state index in [2.05, 4.69) is 16.0 Å². The van der Waals surface area contributed by atoms with Gasteiger partial charge in [-0.1, -0.05) is 0 Å². The smallest absolute Gasteiger partial charge is 0.322 e. The molecule has 108 valence electrons. The number of ether oxygens (including phenoxy) is 1. The van der Waals surface area contributed by atoms with Crippen molar-refractivity contribution >= 4 is 17.9 Å². The monoisotopic (exact) mass is 273 g/mol. The maximum absolute atomic E-state index is 11.2. The summed E-state index contributed by atoms with van der Waals surface area (Å²) in [6.45, 7) is 0.824. The molecule has 0 bridgehead atoms. The van der Waals surface area contributed by atoms with E-state index in [-0.39, 0.29) is 6.54 Å². The third kappa shape index (κ3) is 8.83. The zero-order chi connectivity index (χ0) is 14.1. The zero-order valence-electron chi connectivity index (χ0n) is 10.6. The molecule has 0 spiro atoms. The van der Waals surface area contributed by atoms with E-state index < -0.39 is 24.5 Å². The lowest BCUT2D eigenvalue weighted by Gasteiger charge is -2.08. The van der Waals surface area contributed by atoms with Crippen LogP contribution in [0.15, 0.2) is 0 Å². The molecule has 0 saturated heterocycles. The molecule has 0 aliphatic heterocycles. The van der Waals surface area contributed by atoms with Crippen LogP contribution in [0.3, 0.4) is 0 Å². The molecule has 0 aromatic carbocycles. The second-order valence-corrected chi connectivity index (χ2v) is 4.30. The normalized spacial score (nSPS) is 13.7. The molecule has 0 unspecified atom stereocenters. The molecule has 8 heteroatoms. The summed E-state index contributed by atoms with van der Waals surface area (Å²) in [6, 6.07) is -0.486. The Morgan fingerprint density at radius 2 is 1.84 bits per heavy atom. The highest BCUT2D eigenvalue weighted by Gasteiger charge is 2.20. The lowest BCUT2D eigenvalue weighted by molar-refractivity contribution is -0.137. The number of hydrogen-bond donors (Lipinski definition) is 4. The first-order valence-electron chi connectivity index (χ1n) is 6.16. The summed E-state index contributed by atoms with van der Waals surface area (Å²) in [5.41, 5.74) is 0. The molecule has 1 aliphatic rings. The quantitative estimate of drug-likeness (QED) is 0.398. The minimum absolute atomic E-state index is 0.262. The van der Waals surface area contributed by atoms with Gasteiger partial charge >= 0.3 is 12.0 Å². The third-order valence-electron chi connectivity index (χ3n) is 2.43. The van der Waals surface area contributed by atoms with Crippen LogP contribution in [0, 0.1) is 5.92 Å². The maximum Gasteiger partial charge on any atom is 0.322 e. The van der Waals surface area contributed by atoms with Gasteiger partial charge in [0, 0.05) is 13.2 Å². The van der Waals surface area contributed by atoms with Crippen LogP contribution in [0.1, 0.15) is 12.8 Å². The Labute approximate surface area is 110 Å². The first-order chi connectivity index (χ1) is 9.08. The Hall–Kier alpha value is -1.83. The van der Waals surface area contributed by atoms with Crippen molar-refractivity contribution < 1.29 is 24.2 Å². The summed E-state index contributed by atoms with van der Waals surface area (Å²) in [5.74, 6) is -1.00. The predicted octanol–water partition coefficient (Wildman–Crippen LogP) is -1.09. The van der Waals surface area contributed by atoms with Gasteiger partial charge in [-0.2, -0.15) is 0 Å². The third-order valence-corrected chi connectivity index (χ3v) is 2.43. The number of carboxylic acids is 1. The van der Waals surface area contributed by atoms with Crippen molar-refractivity contribution in [1.82, 2.24) is 16.0 Å². The van der Waals surface area contributed by atoms with Gasteiger partial charge in [-0.25, -0.2) is 4.79 Å². The van der Waals surface area contributed by atoms with E-state index in [4.69, 9.17) is 9.84 Å². The number of amides is 3. The van der Waals surface area contributed by atoms with Gasteiger partial charge < -0.3 is 25.8 Å². The molecular formula is C11H19N3O5. The van der Waals surface area contributed by atoms with Crippen LogP contribution in [-0.4, -0.2) is 55.9 Å². The molecule has 0 radical (unpaired) electrons. The van der Waals surface area contributed by atoms with Crippen LogP contribution in [-0.2, 0) is 14.3 Å². The number of carboxylic acid groups (broad SMARTS) is 1. The fraction of sp³-hybridized carbons (Fsp3) is 0.727. The van der Waals surface area contributed by atoms with Gasteiger partial charge in [0.2, 0.25) is 5.91 Å². The molecule has 4 N–H and O–H groups in total. The first kappa shape index (κ1) is 15.2. The molecule has 1 fully saturated rings. The number of aliphatic carboxylic acids is 1. The molecule has 1 aliphatic carbocycles. The highest BCUT2D eigenvalue weighted by molar-refractivity contribution is 5.86. The van der Waals surface area contributed by atoms with Crippen molar-refractivity contribution in [1.29, 1.82) is 0 Å². The molecule has 19 heavy (non-hydrogen) atoms. The largest absolute Gasteiger partial charge is 0.480 e. The summed E-state index contributed by atoms with van der Waals surface area (Å²) in [6.07, 6.45) is 2.44. The SMILES string of the molecule is O=C(O)CNC(=O)CNC(=O)NCCOCC1CC1. The average molecular weight is 273 g/mol. The van der Waals surface area contributed by atoms with Crippen molar-refractivity contribution in [2.45, 2.75) is 12.8 Å². The van der Waals surface area contributed by atoms with Gasteiger partial charge in [0.1, 0.15) is 6.54 Å². The fourth-order valence-electron chi connectivity index (χ4n) is 1.23. The van der Waals surface area contributed by atoms with Crippen molar-refractivity contribution in [2.24, 2.45) is 5.92 Å². The van der Waals surface area contributed by atoms with Crippen LogP contribution >= 0.6 is 0 Å². The number of urea groups is 1. The van der Waals surface area contributed by atoms with E-state index in [9.17, 15) is 14.4 Å². The maximum atomic E-state index is 11.2. The van der Waals surface area contributed by atoms with E-state index in [1.54, 1.807) is 0 Å². The van der Waals surface area contributed by atoms with Crippen molar-refractivity contribution in [2.75, 3.05) is 32.8 Å². The van der Waals surface area contributed by atoms with E-state index >= 15 is 0 Å². The van der Waals surface area contributed by atoms with Crippen molar-refractivity contribution in [3.63, 3.8) is 0 Å². The molecular weight excluding hydrogens is 254 g/mol. The molecule has 1 rings (SSSR count). The standard InChI is InChI=1S/C11H19N3O5/c15-9(13-6-10(16)17)5-14-11(18)12-3-4-19-7-8-1-2-8/h8H,1-7H2,(H,13,15)(H,16,17)(H2,12,14,18). The molecule has 8 nitrogen and oxygen atoms in total. The van der Waals surface area contributed by atoms with Gasteiger partial charge in [0.05, 0.1) is 13.2 Å². The molecule has 0 atom stereocenters. The van der Waals surface area contributed by atoms with Gasteiger partial charge in [0.25, 0.3) is 0 Å². The predicted molar refractivity (Wildman–Crippen MR) is 65.6 cm³/mol. The highest BCUT2D eigenvalue weighted by Crippen LogP contribution is 2.28. The van der Waals surface area contributed by atoms with Gasteiger partial charge in [0.15, 0.2) is 0 Å². The van der Waals surface area contributed by atoms with Crippen LogP contribution < -0.4 is 16.0 Å². The van der Waals surface area contributed by atoms with E-state index in [0.29, 0.717) is 19.1 Å². The van der Waals surface area contributed by atoms with E-state index in [0.717, 1.165) is 6.61 Å². The zero-order valence-corrected chi connectivity index (χ0v) is 10.6. The average Bonchev–Trinajstić information content (AvgIpc) is 3.17. The van der Waals surface area contributed by atoms with E-state index in [1.807, 2.05) is 0 Å². The Balaban J connectivity index is 1.91. The Morgan fingerprint density at radius 1 is 1.11 bits per heavy atom. The molecule has 0 aromatic rings. The van der Waals surface area contributed by atoms with Gasteiger partial charge in [-0.15, -0.1) is 0 Å². The van der Waals surface area contributed by atoms with Crippen LogP contribution in [0.25, 0.3) is 0 Å². The lowest BCUT2D eigenvalue weighted by atomic mass is 10.5. The molecule has 3 amide bonds. The Morgan fingerprint density at radius 3 is 2.47 bits per heavy atom. The van der Waals surface area contributed by atoms with Crippen LogP contribution in [0.5, 0.6) is 0 Å². The summed E-state index contributed by atoms with van der Waals surface area (Å²) in [7, 11) is 0. The summed E-state index contributed by atoms with van der Waals surface area (Å²) >= 11 is 0. The first-order valence-corrected chi connectivity index (χ1v) is 6.16. The summed E-state index contributed by atoms with van der Waals surface area (Å²) in [5, 5.41) is 15.3. The van der Waals surface area contributed by atoms with Gasteiger partial charge in [-0.3, -0.25) is 9.59 Å². The molecule has 0 heterocycles. The second kappa shape index (κ2) is 8.30. The Bertz CT molecular complexity index is 330. The lowest BCUT2D eigenvalue weighted by Crippen LogP contribution is -2.43. The summed E-state index contributed by atoms with van der Waals surface area (Å²) < 4.78 is 5.31. The number of rotatable bonds is 9. The number of carbonyl (C=O) groups excluding carboxylic acids is 2. The number of nitrogens with one attached hydrogen (secondary N) is 3. The molecule has 1 saturated carbocycles. The number of carbonyl (C=O) groups is 3.